The van der Waals surface area contributed by atoms with Gasteiger partial charge >= 0.3 is 0 Å². The molecule has 0 aromatic heterocycles. The zero-order valence-corrected chi connectivity index (χ0v) is 18.1. The largest absolute Gasteiger partial charge is 0.453 e. The Labute approximate surface area is 157 Å². The Kier molecular flexibility index (Phi) is 6.10. The van der Waals surface area contributed by atoms with Crippen molar-refractivity contribution in [2.24, 2.45) is 0 Å². The summed E-state index contributed by atoms with van der Waals surface area (Å²) in [6, 6.07) is 14.9. The Morgan fingerprint density at radius 2 is 1.56 bits per heavy atom. The summed E-state index contributed by atoms with van der Waals surface area (Å²) >= 11 is 4.73. The lowest BCUT2D eigenvalue weighted by molar-refractivity contribution is 0.103. The molecule has 25 heavy (non-hydrogen) atoms. The Hall–Kier alpha value is -1.61. The Morgan fingerprint density at radius 3 is 2.12 bits per heavy atom. The zero-order chi connectivity index (χ0) is 18.7. The van der Waals surface area contributed by atoms with E-state index in [4.69, 9.17) is 21.1 Å². The Bertz CT molecular complexity index is 765. The Morgan fingerprint density at radius 1 is 0.960 bits per heavy atom. The number of thiocarbonyl (C=S) groups is 1. The van der Waals surface area contributed by atoms with Crippen molar-refractivity contribution in [1.82, 2.24) is 0 Å². The monoisotopic (exact) mass is 388 g/mol. The van der Waals surface area contributed by atoms with Crippen molar-refractivity contribution < 1.29 is 13.6 Å². The SMILES string of the molecule is C[Si](C)(C)O[Si](C)(C)c1ccc(C(=O)c2ccccc2OC=S)cc1. The van der Waals surface area contributed by atoms with Gasteiger partial charge in [0.05, 0.1) is 5.56 Å². The van der Waals surface area contributed by atoms with Gasteiger partial charge in [0.1, 0.15) is 5.75 Å². The maximum absolute atomic E-state index is 12.8. The van der Waals surface area contributed by atoms with Crippen LogP contribution in [0.5, 0.6) is 5.75 Å². The van der Waals surface area contributed by atoms with E-state index in [9.17, 15) is 4.79 Å². The van der Waals surface area contributed by atoms with Crippen molar-refractivity contribution in [3.8, 4) is 5.75 Å². The molecule has 0 heterocycles. The van der Waals surface area contributed by atoms with E-state index in [0.29, 0.717) is 16.9 Å². The molecule has 6 heteroatoms. The van der Waals surface area contributed by atoms with Gasteiger partial charge in [-0.3, -0.25) is 4.79 Å². The third-order valence-electron chi connectivity index (χ3n) is 3.71. The summed E-state index contributed by atoms with van der Waals surface area (Å²) in [6.45, 7) is 11.0. The highest BCUT2D eigenvalue weighted by Gasteiger charge is 2.31. The minimum absolute atomic E-state index is 0.0791. The molecule has 0 unspecified atom stereocenters. The first-order valence-corrected chi connectivity index (χ1v) is 15.0. The van der Waals surface area contributed by atoms with Crippen LogP contribution in [0.1, 0.15) is 15.9 Å². The fraction of sp³-hybridized carbons (Fsp3) is 0.263. The van der Waals surface area contributed by atoms with Gasteiger partial charge in [0, 0.05) is 5.56 Å². The number of rotatable bonds is 7. The van der Waals surface area contributed by atoms with Gasteiger partial charge in [-0.25, -0.2) is 0 Å². The molecule has 2 aromatic rings. The number of hydrogen-bond acceptors (Lipinski definition) is 4. The number of carbonyl (C=O) groups is 1. The van der Waals surface area contributed by atoms with Gasteiger partial charge in [-0.15, -0.1) is 0 Å². The summed E-state index contributed by atoms with van der Waals surface area (Å²) in [5.41, 5.74) is 2.30. The second kappa shape index (κ2) is 7.74. The molecule has 0 aliphatic heterocycles. The molecule has 0 N–H and O–H groups in total. The summed E-state index contributed by atoms with van der Waals surface area (Å²) in [4.78, 5) is 12.8. The van der Waals surface area contributed by atoms with Crippen LogP contribution < -0.4 is 9.92 Å². The van der Waals surface area contributed by atoms with Crippen molar-refractivity contribution in [2.75, 3.05) is 0 Å². The van der Waals surface area contributed by atoms with E-state index >= 15 is 0 Å². The number of ether oxygens (including phenoxy) is 1. The number of carbonyl (C=O) groups excluding carboxylic acids is 1. The third kappa shape index (κ3) is 5.18. The molecule has 0 saturated heterocycles. The molecule has 0 spiro atoms. The van der Waals surface area contributed by atoms with Crippen molar-refractivity contribution in [3.63, 3.8) is 0 Å². The lowest BCUT2D eigenvalue weighted by Crippen LogP contribution is -2.51. The van der Waals surface area contributed by atoms with Gasteiger partial charge in [-0.2, -0.15) is 0 Å². The lowest BCUT2D eigenvalue weighted by atomic mass is 10.0. The summed E-state index contributed by atoms with van der Waals surface area (Å²) in [7, 11) is -3.58. The normalized spacial score (nSPS) is 11.9. The molecule has 0 radical (unpaired) electrons. The summed E-state index contributed by atoms with van der Waals surface area (Å²) in [6.07, 6.45) is 0. The molecule has 0 aliphatic carbocycles. The van der Waals surface area contributed by atoms with Gasteiger partial charge < -0.3 is 8.85 Å². The molecule has 2 rings (SSSR count). The van der Waals surface area contributed by atoms with Gasteiger partial charge in [-0.1, -0.05) is 36.4 Å². The molecular formula is C19H24O3SSi2. The van der Waals surface area contributed by atoms with Crippen LogP contribution in [0.4, 0.5) is 0 Å². The number of para-hydroxylation sites is 1. The van der Waals surface area contributed by atoms with Gasteiger partial charge in [0.25, 0.3) is 0 Å². The van der Waals surface area contributed by atoms with E-state index in [2.05, 4.69) is 32.7 Å². The van der Waals surface area contributed by atoms with Crippen LogP contribution in [-0.2, 0) is 4.12 Å². The summed E-state index contributed by atoms with van der Waals surface area (Å²) in [5, 5.41) is 1.19. The quantitative estimate of drug-likeness (QED) is 0.397. The average molecular weight is 389 g/mol. The van der Waals surface area contributed by atoms with Crippen molar-refractivity contribution in [3.05, 3.63) is 59.7 Å². The van der Waals surface area contributed by atoms with Crippen LogP contribution in [0.3, 0.4) is 0 Å². The van der Waals surface area contributed by atoms with E-state index < -0.39 is 16.6 Å². The highest BCUT2D eigenvalue weighted by atomic mass is 32.1. The second-order valence-electron chi connectivity index (χ2n) is 7.34. The average Bonchev–Trinajstić information content (AvgIpc) is 2.53. The Balaban J connectivity index is 2.28. The minimum atomic E-state index is -1.97. The van der Waals surface area contributed by atoms with E-state index in [1.165, 1.54) is 5.19 Å². The van der Waals surface area contributed by atoms with Crippen LogP contribution in [0, 0.1) is 0 Å². The lowest BCUT2D eigenvalue weighted by Gasteiger charge is -2.31. The van der Waals surface area contributed by atoms with E-state index in [-0.39, 0.29) is 5.78 Å². The fourth-order valence-electron chi connectivity index (χ4n) is 2.81. The molecule has 0 fully saturated rings. The first-order valence-electron chi connectivity index (χ1n) is 8.19. The van der Waals surface area contributed by atoms with Crippen LogP contribution in [0.2, 0.25) is 32.7 Å². The smallest absolute Gasteiger partial charge is 0.205 e. The van der Waals surface area contributed by atoms with Crippen LogP contribution in [0.15, 0.2) is 48.5 Å². The molecule has 2 aromatic carbocycles. The molecule has 0 amide bonds. The maximum atomic E-state index is 12.8. The molecular weight excluding hydrogens is 364 g/mol. The summed E-state index contributed by atoms with van der Waals surface area (Å²) < 4.78 is 11.7. The van der Waals surface area contributed by atoms with Crippen LogP contribution >= 0.6 is 12.2 Å². The minimum Gasteiger partial charge on any atom is -0.453 e. The molecule has 0 saturated carbocycles. The zero-order valence-electron chi connectivity index (χ0n) is 15.3. The second-order valence-corrected chi connectivity index (χ2v) is 16.2. The van der Waals surface area contributed by atoms with E-state index in [0.717, 1.165) is 5.55 Å². The number of benzene rings is 2. The molecule has 0 aliphatic rings. The predicted molar refractivity (Wildman–Crippen MR) is 112 cm³/mol. The summed E-state index contributed by atoms with van der Waals surface area (Å²) in [5.74, 6) is 0.396. The highest BCUT2D eigenvalue weighted by molar-refractivity contribution is 7.78. The predicted octanol–water partition coefficient (Wildman–Crippen LogP) is 4.52. The van der Waals surface area contributed by atoms with Crippen molar-refractivity contribution in [2.45, 2.75) is 32.7 Å². The number of hydrogen-bond donors (Lipinski definition) is 0. The topological polar surface area (TPSA) is 35.5 Å². The van der Waals surface area contributed by atoms with Crippen LogP contribution in [-0.4, -0.2) is 28.0 Å². The molecule has 3 nitrogen and oxygen atoms in total. The van der Waals surface area contributed by atoms with Crippen molar-refractivity contribution in [1.29, 1.82) is 0 Å². The maximum Gasteiger partial charge on any atom is 0.205 e. The highest BCUT2D eigenvalue weighted by Crippen LogP contribution is 2.21. The third-order valence-corrected chi connectivity index (χ3v) is 10.0. The van der Waals surface area contributed by atoms with E-state index in [1.807, 2.05) is 36.4 Å². The number of ketones is 1. The van der Waals surface area contributed by atoms with Crippen LogP contribution in [0.25, 0.3) is 0 Å². The first-order chi connectivity index (χ1) is 11.6. The molecule has 0 atom stereocenters. The van der Waals surface area contributed by atoms with Gasteiger partial charge in [0.15, 0.2) is 19.7 Å². The molecule has 132 valence electrons. The molecule has 0 bridgehead atoms. The van der Waals surface area contributed by atoms with E-state index in [1.54, 1.807) is 12.1 Å². The van der Waals surface area contributed by atoms with Gasteiger partial charge in [0.2, 0.25) is 8.32 Å². The van der Waals surface area contributed by atoms with Crippen molar-refractivity contribution >= 4 is 45.4 Å². The fourth-order valence-corrected chi connectivity index (χ4v) is 10.5. The first kappa shape index (κ1) is 19.7. The van der Waals surface area contributed by atoms with Gasteiger partial charge in [-0.05, 0) is 62.3 Å². The standard InChI is InChI=1S/C19H24O3SSi2/c1-24(2,3)22-25(4,5)16-12-10-15(11-13-16)19(20)17-8-6-7-9-18(17)21-14-23/h6-14H,1-5H3.